The van der Waals surface area contributed by atoms with Crippen LogP contribution in [0.15, 0.2) is 149 Å². The third kappa shape index (κ3) is 7.83. The van der Waals surface area contributed by atoms with E-state index in [1.807, 2.05) is 60.7 Å². The number of allylic oxidation sites excluding steroid dienone is 4. The average Bonchev–Trinajstić information content (AvgIpc) is 3.58. The van der Waals surface area contributed by atoms with Crippen molar-refractivity contribution in [2.45, 2.75) is 13.0 Å². The fourth-order valence-electron chi connectivity index (χ4n) is 4.87. The zero-order valence-corrected chi connectivity index (χ0v) is 26.6. The molecule has 0 unspecified atom stereocenters. The maximum atomic E-state index is 13.9. The van der Waals surface area contributed by atoms with Gasteiger partial charge >= 0.3 is 0 Å². The smallest absolute Gasteiger partial charge is 0.285 e. The highest BCUT2D eigenvalue weighted by Crippen LogP contribution is 2.29. The molecule has 0 spiro atoms. The Hall–Kier alpha value is -6.07. The van der Waals surface area contributed by atoms with Gasteiger partial charge in [0.2, 0.25) is 5.91 Å². The van der Waals surface area contributed by atoms with Crippen molar-refractivity contribution in [3.05, 3.63) is 166 Å². The van der Waals surface area contributed by atoms with Crippen LogP contribution in [0.2, 0.25) is 0 Å². The number of non-ortho nitro benzene ring substituents is 1. The highest BCUT2D eigenvalue weighted by molar-refractivity contribution is 8.14. The van der Waals surface area contributed by atoms with E-state index in [0.29, 0.717) is 17.0 Å². The fraction of sp³-hybridized carbons (Fsp3) is 0.0811. The summed E-state index contributed by atoms with van der Waals surface area (Å²) in [5.41, 5.74) is 2.50. The second-order valence-corrected chi connectivity index (χ2v) is 11.3. The van der Waals surface area contributed by atoms with Gasteiger partial charge in [-0.15, -0.1) is 0 Å². The van der Waals surface area contributed by atoms with Crippen LogP contribution in [0, 0.1) is 10.1 Å². The molecule has 1 aliphatic rings. The van der Waals surface area contributed by atoms with Gasteiger partial charge in [0.25, 0.3) is 17.5 Å². The first-order valence-corrected chi connectivity index (χ1v) is 15.8. The van der Waals surface area contributed by atoms with Crippen LogP contribution in [0.1, 0.15) is 29.9 Å². The number of aliphatic imine (C=N–C) groups is 1. The van der Waals surface area contributed by atoms with E-state index in [4.69, 9.17) is 4.42 Å². The van der Waals surface area contributed by atoms with Gasteiger partial charge in [-0.1, -0.05) is 97.2 Å². The molecule has 4 aromatic rings. The number of rotatable bonds is 11. The van der Waals surface area contributed by atoms with E-state index < -0.39 is 22.8 Å². The molecule has 240 valence electrons. The standard InChI is InChI=1S/C37H30N4O6S/c1-3-5-16-28(4-2)40-36(44)31(23-30-21-22-32(47-30)25-17-19-29(20-18-25)41(45)46)35(43)39-37(40)48-24-33(42)38-34(26-12-8-6-9-13-26)27-14-10-7-11-15-27/h3-23,34H,1,24H2,2H3,(H,38,42)/b16-5-,28-4+,31-23-. The lowest BCUT2D eigenvalue weighted by Gasteiger charge is -2.28. The number of carbonyl (C=O) groups excluding carboxylic acids is 3. The van der Waals surface area contributed by atoms with E-state index in [2.05, 4.69) is 16.9 Å². The molecule has 0 fully saturated rings. The van der Waals surface area contributed by atoms with E-state index in [0.717, 1.165) is 22.9 Å². The summed E-state index contributed by atoms with van der Waals surface area (Å²) >= 11 is 0.967. The molecule has 0 atom stereocenters. The molecule has 1 N–H and O–H groups in total. The minimum absolute atomic E-state index is 0.0427. The molecule has 1 aromatic heterocycles. The van der Waals surface area contributed by atoms with Gasteiger partial charge in [-0.05, 0) is 54.5 Å². The zero-order chi connectivity index (χ0) is 34.0. The summed E-state index contributed by atoms with van der Waals surface area (Å²) < 4.78 is 5.85. The highest BCUT2D eigenvalue weighted by Gasteiger charge is 2.35. The number of thioether (sulfide) groups is 1. The van der Waals surface area contributed by atoms with E-state index >= 15 is 0 Å². The lowest BCUT2D eigenvalue weighted by atomic mass is 9.99. The topological polar surface area (TPSA) is 135 Å². The summed E-state index contributed by atoms with van der Waals surface area (Å²) in [5, 5.41) is 14.1. The SMILES string of the molecule is C=C/C=C\C(=C/C)N1C(=O)/C(=C\c2ccc(-c3ccc([N+](=O)[O-])cc3)o2)C(=O)N=C1SCC(=O)NC(c1ccccc1)c1ccccc1. The van der Waals surface area contributed by atoms with Crippen LogP contribution in [-0.4, -0.2) is 38.5 Å². The molecule has 5 rings (SSSR count). The van der Waals surface area contributed by atoms with Crippen molar-refractivity contribution < 1.29 is 23.7 Å². The minimum Gasteiger partial charge on any atom is -0.457 e. The largest absolute Gasteiger partial charge is 0.457 e. The van der Waals surface area contributed by atoms with Crippen LogP contribution < -0.4 is 5.32 Å². The zero-order valence-electron chi connectivity index (χ0n) is 25.8. The average molecular weight is 659 g/mol. The minimum atomic E-state index is -0.790. The lowest BCUT2D eigenvalue weighted by molar-refractivity contribution is -0.384. The van der Waals surface area contributed by atoms with Gasteiger partial charge in [0.05, 0.1) is 16.7 Å². The number of nitrogens with one attached hydrogen (secondary N) is 1. The van der Waals surface area contributed by atoms with Crippen molar-refractivity contribution in [3.63, 3.8) is 0 Å². The molecule has 3 aromatic carbocycles. The number of nitrogens with zero attached hydrogens (tertiary/aromatic N) is 3. The van der Waals surface area contributed by atoms with Gasteiger partial charge in [0.15, 0.2) is 5.17 Å². The summed E-state index contributed by atoms with van der Waals surface area (Å²) in [5.74, 6) is -1.28. The summed E-state index contributed by atoms with van der Waals surface area (Å²) in [7, 11) is 0. The molecule has 11 heteroatoms. The second kappa shape index (κ2) is 15.5. The second-order valence-electron chi connectivity index (χ2n) is 10.3. The predicted molar refractivity (Wildman–Crippen MR) is 186 cm³/mol. The lowest BCUT2D eigenvalue weighted by Crippen LogP contribution is -2.42. The third-order valence-electron chi connectivity index (χ3n) is 7.19. The van der Waals surface area contributed by atoms with Gasteiger partial charge in [0, 0.05) is 23.4 Å². The Morgan fingerprint density at radius 3 is 2.23 bits per heavy atom. The van der Waals surface area contributed by atoms with E-state index in [9.17, 15) is 24.5 Å². The number of hydrogen-bond acceptors (Lipinski definition) is 7. The van der Waals surface area contributed by atoms with Crippen molar-refractivity contribution in [2.75, 3.05) is 5.75 Å². The van der Waals surface area contributed by atoms with E-state index in [1.54, 1.807) is 55.5 Å². The normalized spacial score (nSPS) is 14.5. The van der Waals surface area contributed by atoms with Crippen molar-refractivity contribution in [3.8, 4) is 11.3 Å². The predicted octanol–water partition coefficient (Wildman–Crippen LogP) is 7.25. The molecule has 0 aliphatic carbocycles. The Kier molecular flexibility index (Phi) is 10.7. The quantitative estimate of drug-likeness (QED) is 0.0590. The Balaban J connectivity index is 1.40. The molecule has 48 heavy (non-hydrogen) atoms. The molecule has 2 heterocycles. The van der Waals surface area contributed by atoms with E-state index in [-0.39, 0.29) is 33.8 Å². The monoisotopic (exact) mass is 658 g/mol. The molecule has 0 saturated heterocycles. The number of benzene rings is 3. The van der Waals surface area contributed by atoms with Crippen LogP contribution in [0.3, 0.4) is 0 Å². The first-order chi connectivity index (χ1) is 23.3. The summed E-state index contributed by atoms with van der Waals surface area (Å²) in [6, 6.07) is 27.7. The molecule has 3 amide bonds. The first kappa shape index (κ1) is 33.3. The molecular weight excluding hydrogens is 628 g/mol. The van der Waals surface area contributed by atoms with Gasteiger partial charge in [0.1, 0.15) is 17.1 Å². The molecule has 1 aliphatic heterocycles. The van der Waals surface area contributed by atoms with Crippen LogP contribution >= 0.6 is 11.8 Å². The number of amides is 3. The summed E-state index contributed by atoms with van der Waals surface area (Å²) in [4.78, 5) is 56.5. The summed E-state index contributed by atoms with van der Waals surface area (Å²) in [6.07, 6.45) is 7.83. The van der Waals surface area contributed by atoms with Crippen molar-refractivity contribution >= 4 is 46.4 Å². The fourth-order valence-corrected chi connectivity index (χ4v) is 5.68. The number of nitro groups is 1. The van der Waals surface area contributed by atoms with Gasteiger partial charge < -0.3 is 9.73 Å². The third-order valence-corrected chi connectivity index (χ3v) is 8.13. The van der Waals surface area contributed by atoms with Gasteiger partial charge in [-0.3, -0.25) is 29.4 Å². The van der Waals surface area contributed by atoms with Crippen LogP contribution in [0.25, 0.3) is 17.4 Å². The first-order valence-electron chi connectivity index (χ1n) is 14.8. The number of hydrogen-bond donors (Lipinski definition) is 1. The number of amidine groups is 1. The van der Waals surface area contributed by atoms with Crippen molar-refractivity contribution in [2.24, 2.45) is 4.99 Å². The maximum Gasteiger partial charge on any atom is 0.285 e. The number of nitro benzene ring substituents is 1. The van der Waals surface area contributed by atoms with Crippen LogP contribution in [-0.2, 0) is 14.4 Å². The molecule has 0 radical (unpaired) electrons. The molecule has 0 saturated carbocycles. The molecule has 10 nitrogen and oxygen atoms in total. The molecule has 0 bridgehead atoms. The Labute approximate surface area is 281 Å². The highest BCUT2D eigenvalue weighted by atomic mass is 32.2. The van der Waals surface area contributed by atoms with Crippen molar-refractivity contribution in [1.82, 2.24) is 10.2 Å². The summed E-state index contributed by atoms with van der Waals surface area (Å²) in [6.45, 7) is 5.43. The Bertz CT molecular complexity index is 1920. The Morgan fingerprint density at radius 2 is 1.65 bits per heavy atom. The Morgan fingerprint density at radius 1 is 1.00 bits per heavy atom. The van der Waals surface area contributed by atoms with E-state index in [1.165, 1.54) is 23.1 Å². The maximum absolute atomic E-state index is 13.9. The number of carbonyl (C=O) groups is 3. The number of furan rings is 1. The van der Waals surface area contributed by atoms with Gasteiger partial charge in [-0.2, -0.15) is 4.99 Å². The van der Waals surface area contributed by atoms with Crippen molar-refractivity contribution in [1.29, 1.82) is 0 Å². The van der Waals surface area contributed by atoms with Crippen LogP contribution in [0.5, 0.6) is 0 Å². The molecular formula is C37H30N4O6S. The van der Waals surface area contributed by atoms with Gasteiger partial charge in [-0.25, -0.2) is 0 Å². The van der Waals surface area contributed by atoms with Crippen LogP contribution in [0.4, 0.5) is 5.69 Å².